The number of nitrogens with zero attached hydrogens (tertiary/aromatic N) is 1. The summed E-state index contributed by atoms with van der Waals surface area (Å²) in [5.74, 6) is 0. The Morgan fingerprint density at radius 1 is 2.00 bits per heavy atom. The third-order valence-corrected chi connectivity index (χ3v) is 0.624. The molecule has 46 valence electrons. The summed E-state index contributed by atoms with van der Waals surface area (Å²) in [6.07, 6.45) is 1.66. The first-order valence-corrected chi connectivity index (χ1v) is 2.66. The Morgan fingerprint density at radius 3 is 3.00 bits per heavy atom. The summed E-state index contributed by atoms with van der Waals surface area (Å²) in [7, 11) is 1.84. The molecule has 0 radical (unpaired) electrons. The standard InChI is InChI=1S/C5H9ClN2/c1-5(6)8-4-3-7-2/h4,7H,1,3H2,2H3/b8-4-. The van der Waals surface area contributed by atoms with E-state index in [1.807, 2.05) is 7.05 Å². The van der Waals surface area contributed by atoms with Crippen molar-refractivity contribution >= 4 is 17.8 Å². The zero-order valence-corrected chi connectivity index (χ0v) is 5.57. The molecule has 0 aromatic rings. The van der Waals surface area contributed by atoms with Crippen molar-refractivity contribution in [3.8, 4) is 0 Å². The van der Waals surface area contributed by atoms with Gasteiger partial charge in [0.15, 0.2) is 0 Å². The maximum atomic E-state index is 5.29. The molecule has 0 fully saturated rings. The fraction of sp³-hybridized carbons (Fsp3) is 0.400. The number of nitrogens with one attached hydrogen (secondary N) is 1. The van der Waals surface area contributed by atoms with Gasteiger partial charge in [0.25, 0.3) is 0 Å². The van der Waals surface area contributed by atoms with Crippen LogP contribution in [0.1, 0.15) is 0 Å². The first-order valence-electron chi connectivity index (χ1n) is 2.29. The zero-order valence-electron chi connectivity index (χ0n) is 4.82. The molecule has 3 heteroatoms. The Labute approximate surface area is 54.3 Å². The van der Waals surface area contributed by atoms with Crippen molar-refractivity contribution in [2.45, 2.75) is 0 Å². The van der Waals surface area contributed by atoms with Crippen molar-refractivity contribution in [2.24, 2.45) is 4.99 Å². The molecule has 0 aliphatic heterocycles. The third kappa shape index (κ3) is 5.66. The van der Waals surface area contributed by atoms with Crippen LogP contribution in [-0.2, 0) is 0 Å². The topological polar surface area (TPSA) is 24.4 Å². The summed E-state index contributed by atoms with van der Waals surface area (Å²) in [6.45, 7) is 4.09. The van der Waals surface area contributed by atoms with Gasteiger partial charge in [-0.1, -0.05) is 18.2 Å². The van der Waals surface area contributed by atoms with E-state index in [0.29, 0.717) is 5.16 Å². The number of hydrogen-bond acceptors (Lipinski definition) is 2. The molecule has 0 rings (SSSR count). The second kappa shape index (κ2) is 4.81. The minimum absolute atomic E-state index is 0.320. The van der Waals surface area contributed by atoms with Gasteiger partial charge in [-0.25, -0.2) is 4.99 Å². The highest BCUT2D eigenvalue weighted by atomic mass is 35.5. The minimum Gasteiger partial charge on any atom is -0.315 e. The van der Waals surface area contributed by atoms with Gasteiger partial charge < -0.3 is 5.32 Å². The van der Waals surface area contributed by atoms with Gasteiger partial charge in [-0.05, 0) is 7.05 Å². The molecule has 0 aromatic carbocycles. The molecule has 1 N–H and O–H groups in total. The van der Waals surface area contributed by atoms with Gasteiger partial charge in [-0.3, -0.25) is 0 Å². The van der Waals surface area contributed by atoms with Gasteiger partial charge in [-0.15, -0.1) is 0 Å². The predicted molar refractivity (Wildman–Crippen MR) is 37.4 cm³/mol. The second-order valence-corrected chi connectivity index (χ2v) is 1.68. The fourth-order valence-corrected chi connectivity index (χ4v) is 0.305. The van der Waals surface area contributed by atoms with E-state index < -0.39 is 0 Å². The van der Waals surface area contributed by atoms with Crippen molar-refractivity contribution in [2.75, 3.05) is 13.6 Å². The van der Waals surface area contributed by atoms with Crippen LogP contribution >= 0.6 is 11.6 Å². The second-order valence-electron chi connectivity index (χ2n) is 1.25. The number of rotatable bonds is 3. The van der Waals surface area contributed by atoms with Crippen LogP contribution in [0.2, 0.25) is 0 Å². The Bertz CT molecular complexity index is 98.6. The van der Waals surface area contributed by atoms with E-state index in [1.165, 1.54) is 0 Å². The van der Waals surface area contributed by atoms with Crippen LogP contribution in [0, 0.1) is 0 Å². The van der Waals surface area contributed by atoms with Gasteiger partial charge in [0, 0.05) is 12.8 Å². The molecule has 0 atom stereocenters. The maximum absolute atomic E-state index is 5.29. The molecular weight excluding hydrogens is 124 g/mol. The smallest absolute Gasteiger partial charge is 0.121 e. The van der Waals surface area contributed by atoms with Crippen LogP contribution in [0.3, 0.4) is 0 Å². The molecule has 0 unspecified atom stereocenters. The average Bonchev–Trinajstić information content (AvgIpc) is 1.66. The molecule has 0 amide bonds. The molecule has 8 heavy (non-hydrogen) atoms. The normalized spacial score (nSPS) is 10.2. The van der Waals surface area contributed by atoms with Crippen LogP contribution in [0.25, 0.3) is 0 Å². The van der Waals surface area contributed by atoms with Gasteiger partial charge >= 0.3 is 0 Å². The van der Waals surface area contributed by atoms with Gasteiger partial charge in [-0.2, -0.15) is 0 Å². The highest BCUT2D eigenvalue weighted by Crippen LogP contribution is 1.94. The SMILES string of the molecule is C=C(Cl)/N=C\CNC. The summed E-state index contributed by atoms with van der Waals surface area (Å²) in [4.78, 5) is 3.70. The summed E-state index contributed by atoms with van der Waals surface area (Å²) in [5, 5.41) is 3.19. The monoisotopic (exact) mass is 132 g/mol. The fourth-order valence-electron chi connectivity index (χ4n) is 0.236. The molecule has 0 saturated carbocycles. The molecule has 0 aromatic heterocycles. The van der Waals surface area contributed by atoms with Gasteiger partial charge in [0.2, 0.25) is 0 Å². The van der Waals surface area contributed by atoms with Crippen LogP contribution in [0.4, 0.5) is 0 Å². The Morgan fingerprint density at radius 2 is 2.62 bits per heavy atom. The highest BCUT2D eigenvalue weighted by molar-refractivity contribution is 6.29. The first-order chi connectivity index (χ1) is 3.77. The summed E-state index contributed by atoms with van der Waals surface area (Å²) in [6, 6.07) is 0. The lowest BCUT2D eigenvalue weighted by atomic mass is 10.7. The zero-order chi connectivity index (χ0) is 6.41. The number of halogens is 1. The lowest BCUT2D eigenvalue weighted by Crippen LogP contribution is -2.07. The number of aliphatic imine (C=N–C) groups is 1. The van der Waals surface area contributed by atoms with E-state index in [-0.39, 0.29) is 0 Å². The molecule has 0 bridgehead atoms. The first kappa shape index (κ1) is 7.66. The summed E-state index contributed by atoms with van der Waals surface area (Å²) < 4.78 is 0. The minimum atomic E-state index is 0.320. The van der Waals surface area contributed by atoms with Crippen LogP contribution in [-0.4, -0.2) is 19.8 Å². The lowest BCUT2D eigenvalue weighted by Gasteiger charge is -1.85. The van der Waals surface area contributed by atoms with Gasteiger partial charge in [0.1, 0.15) is 5.16 Å². The van der Waals surface area contributed by atoms with Crippen molar-refractivity contribution in [1.29, 1.82) is 0 Å². The molecule has 0 heterocycles. The van der Waals surface area contributed by atoms with E-state index in [9.17, 15) is 0 Å². The number of hydrogen-bond donors (Lipinski definition) is 1. The quantitative estimate of drug-likeness (QED) is 0.450. The molecule has 0 aliphatic carbocycles. The molecule has 0 spiro atoms. The van der Waals surface area contributed by atoms with Gasteiger partial charge in [0.05, 0.1) is 0 Å². The highest BCUT2D eigenvalue weighted by Gasteiger charge is 1.73. The molecular formula is C5H9ClN2. The molecule has 2 nitrogen and oxygen atoms in total. The Balaban J connectivity index is 3.20. The van der Waals surface area contributed by atoms with Crippen molar-refractivity contribution in [3.05, 3.63) is 11.7 Å². The van der Waals surface area contributed by atoms with Crippen LogP contribution in [0.15, 0.2) is 16.7 Å². The average molecular weight is 133 g/mol. The van der Waals surface area contributed by atoms with E-state index in [0.717, 1.165) is 6.54 Å². The predicted octanol–water partition coefficient (Wildman–Crippen LogP) is 0.987. The maximum Gasteiger partial charge on any atom is 0.121 e. The van der Waals surface area contributed by atoms with Crippen LogP contribution in [0.5, 0.6) is 0 Å². The summed E-state index contributed by atoms with van der Waals surface area (Å²) >= 11 is 5.29. The van der Waals surface area contributed by atoms with Crippen molar-refractivity contribution in [3.63, 3.8) is 0 Å². The van der Waals surface area contributed by atoms with E-state index >= 15 is 0 Å². The molecule has 0 saturated heterocycles. The lowest BCUT2D eigenvalue weighted by molar-refractivity contribution is 0.957. The Kier molecular flexibility index (Phi) is 4.61. The molecule has 0 aliphatic rings. The Hall–Kier alpha value is -0.340. The van der Waals surface area contributed by atoms with Crippen molar-refractivity contribution in [1.82, 2.24) is 5.32 Å². The van der Waals surface area contributed by atoms with Crippen LogP contribution < -0.4 is 5.32 Å². The van der Waals surface area contributed by atoms with Crippen molar-refractivity contribution < 1.29 is 0 Å². The largest absolute Gasteiger partial charge is 0.315 e. The van der Waals surface area contributed by atoms with E-state index in [2.05, 4.69) is 16.9 Å². The third-order valence-electron chi connectivity index (χ3n) is 0.527. The van der Waals surface area contributed by atoms with E-state index in [4.69, 9.17) is 11.6 Å². The summed E-state index contributed by atoms with van der Waals surface area (Å²) in [5.41, 5.74) is 0. The van der Waals surface area contributed by atoms with E-state index in [1.54, 1.807) is 6.21 Å².